The van der Waals surface area contributed by atoms with Gasteiger partial charge in [-0.3, -0.25) is 4.79 Å². The average Bonchev–Trinajstić information content (AvgIpc) is 2.11. The average molecular weight is 175 g/mol. The van der Waals surface area contributed by atoms with Crippen molar-refractivity contribution in [2.75, 3.05) is 26.3 Å². The lowest BCUT2D eigenvalue weighted by molar-refractivity contribution is -0.134. The van der Waals surface area contributed by atoms with Gasteiger partial charge in [0.05, 0.1) is 0 Å². The summed E-state index contributed by atoms with van der Waals surface area (Å²) in [5.74, 6) is -0.259. The molecule has 0 aromatic heterocycles. The van der Waals surface area contributed by atoms with E-state index in [1.165, 1.54) is 0 Å². The van der Waals surface area contributed by atoms with Crippen molar-refractivity contribution in [2.24, 2.45) is 0 Å². The van der Waals surface area contributed by atoms with Gasteiger partial charge in [-0.1, -0.05) is 6.92 Å². The molecule has 2 N–H and O–H groups in total. The highest BCUT2D eigenvalue weighted by molar-refractivity contribution is 5.77. The highest BCUT2D eigenvalue weighted by Gasteiger charge is 2.09. The second kappa shape index (κ2) is 7.06. The van der Waals surface area contributed by atoms with E-state index < -0.39 is 6.61 Å². The van der Waals surface area contributed by atoms with Crippen LogP contribution < -0.4 is 0 Å². The number of aliphatic hydroxyl groups excluding tert-OH is 2. The van der Waals surface area contributed by atoms with Gasteiger partial charge in [-0.25, -0.2) is 0 Å². The van der Waals surface area contributed by atoms with Crippen molar-refractivity contribution in [1.29, 1.82) is 0 Å². The summed E-state index contributed by atoms with van der Waals surface area (Å²) in [7, 11) is 0. The third-order valence-corrected chi connectivity index (χ3v) is 1.57. The summed E-state index contributed by atoms with van der Waals surface area (Å²) in [6, 6.07) is 0. The van der Waals surface area contributed by atoms with Crippen LogP contribution >= 0.6 is 0 Å². The summed E-state index contributed by atoms with van der Waals surface area (Å²) in [5.41, 5.74) is 0. The van der Waals surface area contributed by atoms with E-state index in [-0.39, 0.29) is 12.5 Å². The predicted molar refractivity (Wildman–Crippen MR) is 45.7 cm³/mol. The van der Waals surface area contributed by atoms with Gasteiger partial charge >= 0.3 is 0 Å². The van der Waals surface area contributed by atoms with E-state index in [1.54, 1.807) is 4.90 Å². The van der Waals surface area contributed by atoms with E-state index in [4.69, 9.17) is 10.2 Å². The molecule has 0 aromatic carbocycles. The van der Waals surface area contributed by atoms with Crippen molar-refractivity contribution < 1.29 is 15.0 Å². The zero-order valence-electron chi connectivity index (χ0n) is 7.49. The maximum atomic E-state index is 11.0. The van der Waals surface area contributed by atoms with E-state index in [2.05, 4.69) is 0 Å². The van der Waals surface area contributed by atoms with E-state index in [0.29, 0.717) is 19.5 Å². The summed E-state index contributed by atoms with van der Waals surface area (Å²) in [4.78, 5) is 12.6. The Morgan fingerprint density at radius 2 is 2.00 bits per heavy atom. The molecule has 72 valence electrons. The summed E-state index contributed by atoms with van der Waals surface area (Å²) < 4.78 is 0. The molecule has 0 spiro atoms. The SMILES string of the molecule is CCCN(CCCO)C(=O)CO. The number of carbonyl (C=O) groups excluding carboxylic acids is 1. The first kappa shape index (κ1) is 11.4. The first-order valence-corrected chi connectivity index (χ1v) is 4.25. The van der Waals surface area contributed by atoms with Crippen LogP contribution in [-0.4, -0.2) is 47.3 Å². The zero-order valence-corrected chi connectivity index (χ0v) is 7.49. The van der Waals surface area contributed by atoms with Crippen LogP contribution in [0.5, 0.6) is 0 Å². The topological polar surface area (TPSA) is 60.8 Å². The molecule has 0 atom stereocenters. The fraction of sp³-hybridized carbons (Fsp3) is 0.875. The molecule has 0 rings (SSSR count). The number of hydrogen-bond donors (Lipinski definition) is 2. The summed E-state index contributed by atoms with van der Waals surface area (Å²) in [6.07, 6.45) is 1.45. The van der Waals surface area contributed by atoms with Crippen LogP contribution in [0.2, 0.25) is 0 Å². The Labute approximate surface area is 72.8 Å². The molecule has 1 amide bonds. The third-order valence-electron chi connectivity index (χ3n) is 1.57. The van der Waals surface area contributed by atoms with Crippen LogP contribution in [0.25, 0.3) is 0 Å². The molecular formula is C8H17NO3. The smallest absolute Gasteiger partial charge is 0.248 e. The minimum Gasteiger partial charge on any atom is -0.396 e. The Bertz CT molecular complexity index is 127. The molecule has 0 aromatic rings. The molecule has 4 nitrogen and oxygen atoms in total. The lowest BCUT2D eigenvalue weighted by Crippen LogP contribution is -2.35. The standard InChI is InChI=1S/C8H17NO3/c1-2-4-9(5-3-6-10)8(12)7-11/h10-11H,2-7H2,1H3. The molecule has 12 heavy (non-hydrogen) atoms. The van der Waals surface area contributed by atoms with Gasteiger partial charge in [-0.15, -0.1) is 0 Å². The maximum absolute atomic E-state index is 11.0. The van der Waals surface area contributed by atoms with Crippen LogP contribution in [0.4, 0.5) is 0 Å². The van der Waals surface area contributed by atoms with Gasteiger partial charge < -0.3 is 15.1 Å². The number of hydrogen-bond acceptors (Lipinski definition) is 3. The van der Waals surface area contributed by atoms with Gasteiger partial charge in [-0.2, -0.15) is 0 Å². The third kappa shape index (κ3) is 4.31. The van der Waals surface area contributed by atoms with E-state index in [1.807, 2.05) is 6.92 Å². The second-order valence-electron chi connectivity index (χ2n) is 2.62. The van der Waals surface area contributed by atoms with Crippen molar-refractivity contribution in [3.63, 3.8) is 0 Å². The van der Waals surface area contributed by atoms with Crippen molar-refractivity contribution >= 4 is 5.91 Å². The van der Waals surface area contributed by atoms with E-state index >= 15 is 0 Å². The number of rotatable bonds is 6. The molecule has 0 bridgehead atoms. The summed E-state index contributed by atoms with van der Waals surface area (Å²) in [6.45, 7) is 2.80. The molecule has 0 unspecified atom stereocenters. The first-order valence-electron chi connectivity index (χ1n) is 4.25. The maximum Gasteiger partial charge on any atom is 0.248 e. The van der Waals surface area contributed by atoms with Crippen LogP contribution in [-0.2, 0) is 4.79 Å². The monoisotopic (exact) mass is 175 g/mol. The first-order chi connectivity index (χ1) is 5.76. The van der Waals surface area contributed by atoms with E-state index in [0.717, 1.165) is 6.42 Å². The molecule has 0 saturated heterocycles. The molecule has 0 aliphatic heterocycles. The molecule has 4 heteroatoms. The van der Waals surface area contributed by atoms with Crippen LogP contribution in [0, 0.1) is 0 Å². The van der Waals surface area contributed by atoms with Gasteiger partial charge in [0, 0.05) is 19.7 Å². The minimum atomic E-state index is -0.439. The normalized spacial score (nSPS) is 9.92. The lowest BCUT2D eigenvalue weighted by Gasteiger charge is -2.20. The molecular weight excluding hydrogens is 158 g/mol. The summed E-state index contributed by atoms with van der Waals surface area (Å²) >= 11 is 0. The van der Waals surface area contributed by atoms with E-state index in [9.17, 15) is 4.79 Å². The quantitative estimate of drug-likeness (QED) is 0.577. The molecule has 0 saturated carbocycles. The summed E-state index contributed by atoms with van der Waals surface area (Å²) in [5, 5.41) is 17.1. The van der Waals surface area contributed by atoms with Crippen LogP contribution in [0.15, 0.2) is 0 Å². The van der Waals surface area contributed by atoms with Gasteiger partial charge in [-0.05, 0) is 12.8 Å². The van der Waals surface area contributed by atoms with Gasteiger partial charge in [0.15, 0.2) is 0 Å². The molecule has 0 radical (unpaired) electrons. The predicted octanol–water partition coefficient (Wildman–Crippen LogP) is -0.400. The van der Waals surface area contributed by atoms with Crippen LogP contribution in [0.1, 0.15) is 19.8 Å². The zero-order chi connectivity index (χ0) is 9.40. The number of nitrogens with zero attached hydrogens (tertiary/aromatic N) is 1. The number of amides is 1. The lowest BCUT2D eigenvalue weighted by atomic mass is 10.3. The number of aliphatic hydroxyl groups is 2. The highest BCUT2D eigenvalue weighted by Crippen LogP contribution is 1.94. The molecule has 0 aliphatic carbocycles. The highest BCUT2D eigenvalue weighted by atomic mass is 16.3. The van der Waals surface area contributed by atoms with Crippen LogP contribution in [0.3, 0.4) is 0 Å². The second-order valence-corrected chi connectivity index (χ2v) is 2.62. The molecule has 0 aliphatic rings. The fourth-order valence-electron chi connectivity index (χ4n) is 0.993. The van der Waals surface area contributed by atoms with Crippen molar-refractivity contribution in [3.05, 3.63) is 0 Å². The van der Waals surface area contributed by atoms with Gasteiger partial charge in [0.25, 0.3) is 0 Å². The van der Waals surface area contributed by atoms with Gasteiger partial charge in [0.2, 0.25) is 5.91 Å². The Balaban J connectivity index is 3.76. The minimum absolute atomic E-state index is 0.0823. The fourth-order valence-corrected chi connectivity index (χ4v) is 0.993. The molecule has 0 fully saturated rings. The Kier molecular flexibility index (Phi) is 6.70. The van der Waals surface area contributed by atoms with Crippen molar-refractivity contribution in [1.82, 2.24) is 4.90 Å². The van der Waals surface area contributed by atoms with Gasteiger partial charge in [0.1, 0.15) is 6.61 Å². The Hall–Kier alpha value is -0.610. The Morgan fingerprint density at radius 3 is 2.42 bits per heavy atom. The molecule has 0 heterocycles. The van der Waals surface area contributed by atoms with Crippen molar-refractivity contribution in [3.8, 4) is 0 Å². The van der Waals surface area contributed by atoms with Crippen molar-refractivity contribution in [2.45, 2.75) is 19.8 Å². The largest absolute Gasteiger partial charge is 0.396 e. The number of carbonyl (C=O) groups is 1. The Morgan fingerprint density at radius 1 is 1.33 bits per heavy atom.